The third kappa shape index (κ3) is 2.66. The molecule has 1 atom stereocenters. The van der Waals surface area contributed by atoms with Gasteiger partial charge < -0.3 is 10.2 Å². The summed E-state index contributed by atoms with van der Waals surface area (Å²) in [5, 5.41) is 6.83. The Labute approximate surface area is 83.5 Å². The first-order valence-corrected chi connectivity index (χ1v) is 6.05. The molecule has 1 aliphatic rings. The van der Waals surface area contributed by atoms with Crippen molar-refractivity contribution >= 4 is 15.9 Å². The summed E-state index contributed by atoms with van der Waals surface area (Å²) in [4.78, 5) is 13.1. The highest BCUT2D eigenvalue weighted by Gasteiger charge is 2.29. The lowest BCUT2D eigenvalue weighted by molar-refractivity contribution is -0.130. The van der Waals surface area contributed by atoms with Crippen molar-refractivity contribution in [3.63, 3.8) is 0 Å². The van der Waals surface area contributed by atoms with Crippen LogP contribution in [0.25, 0.3) is 0 Å². The fraction of sp³-hybridized carbons (Fsp3) is 0.857. The highest BCUT2D eigenvalue weighted by molar-refractivity contribution is 7.90. The van der Waals surface area contributed by atoms with Gasteiger partial charge in [-0.15, -0.1) is 0 Å². The van der Waals surface area contributed by atoms with Crippen molar-refractivity contribution in [3.8, 4) is 0 Å². The first-order chi connectivity index (χ1) is 6.43. The largest absolute Gasteiger partial charge is 0.339 e. The summed E-state index contributed by atoms with van der Waals surface area (Å²) in [6.45, 7) is 3.79. The maximum atomic E-state index is 11.6. The van der Waals surface area contributed by atoms with E-state index in [1.54, 1.807) is 0 Å². The average Bonchev–Trinajstić information content (AvgIpc) is 2.15. The van der Waals surface area contributed by atoms with Gasteiger partial charge in [-0.1, -0.05) is 0 Å². The van der Waals surface area contributed by atoms with Crippen LogP contribution < -0.4 is 10.5 Å². The van der Waals surface area contributed by atoms with Gasteiger partial charge in [-0.05, 0) is 6.92 Å². The van der Waals surface area contributed by atoms with Crippen molar-refractivity contribution in [2.45, 2.75) is 12.2 Å². The summed E-state index contributed by atoms with van der Waals surface area (Å²) in [5.41, 5.74) is 0. The van der Waals surface area contributed by atoms with E-state index in [4.69, 9.17) is 5.14 Å². The van der Waals surface area contributed by atoms with Crippen molar-refractivity contribution in [1.82, 2.24) is 10.2 Å². The van der Waals surface area contributed by atoms with Crippen molar-refractivity contribution in [2.75, 3.05) is 26.2 Å². The molecule has 0 spiro atoms. The van der Waals surface area contributed by atoms with Crippen LogP contribution in [-0.4, -0.2) is 50.7 Å². The molecule has 0 saturated carbocycles. The van der Waals surface area contributed by atoms with Crippen LogP contribution in [-0.2, 0) is 14.8 Å². The van der Waals surface area contributed by atoms with Crippen LogP contribution in [0.15, 0.2) is 0 Å². The minimum absolute atomic E-state index is 0.408. The Morgan fingerprint density at radius 2 is 1.93 bits per heavy atom. The molecule has 1 heterocycles. The van der Waals surface area contributed by atoms with Gasteiger partial charge in [0.1, 0.15) is 0 Å². The number of sulfonamides is 1. The van der Waals surface area contributed by atoms with Crippen LogP contribution in [0.5, 0.6) is 0 Å². The molecule has 1 fully saturated rings. The van der Waals surface area contributed by atoms with E-state index in [1.165, 1.54) is 11.8 Å². The van der Waals surface area contributed by atoms with E-state index >= 15 is 0 Å². The standard InChI is InChI=1S/C7H15N3O3S/c1-6(14(8,12)13)7(11)10-4-2-9-3-5-10/h6,9H,2-5H2,1H3,(H2,8,12,13). The molecule has 1 aliphatic heterocycles. The molecule has 1 amide bonds. The Morgan fingerprint density at radius 3 is 2.36 bits per heavy atom. The van der Waals surface area contributed by atoms with Crippen molar-refractivity contribution in [1.29, 1.82) is 0 Å². The Morgan fingerprint density at radius 1 is 1.43 bits per heavy atom. The highest BCUT2D eigenvalue weighted by Crippen LogP contribution is 2.03. The third-order valence-electron chi connectivity index (χ3n) is 2.27. The van der Waals surface area contributed by atoms with E-state index in [0.717, 1.165) is 0 Å². The summed E-state index contributed by atoms with van der Waals surface area (Å²) in [5.74, 6) is -0.408. The van der Waals surface area contributed by atoms with Crippen molar-refractivity contribution in [3.05, 3.63) is 0 Å². The molecule has 0 radical (unpaired) electrons. The lowest BCUT2D eigenvalue weighted by Gasteiger charge is -2.29. The lowest BCUT2D eigenvalue weighted by Crippen LogP contribution is -2.51. The minimum Gasteiger partial charge on any atom is -0.339 e. The Kier molecular flexibility index (Phi) is 3.46. The number of amides is 1. The molecule has 1 unspecified atom stereocenters. The van der Waals surface area contributed by atoms with E-state index in [0.29, 0.717) is 26.2 Å². The number of primary sulfonamides is 1. The SMILES string of the molecule is CC(C(=O)N1CCNCC1)S(N)(=O)=O. The zero-order valence-electron chi connectivity index (χ0n) is 8.06. The summed E-state index contributed by atoms with van der Waals surface area (Å²) < 4.78 is 21.9. The van der Waals surface area contributed by atoms with Crippen LogP contribution in [0.4, 0.5) is 0 Å². The third-order valence-corrected chi connectivity index (χ3v) is 3.46. The van der Waals surface area contributed by atoms with E-state index < -0.39 is 21.2 Å². The van der Waals surface area contributed by atoms with Crippen LogP contribution in [0.3, 0.4) is 0 Å². The van der Waals surface area contributed by atoms with Gasteiger partial charge in [-0.2, -0.15) is 0 Å². The molecule has 3 N–H and O–H groups in total. The fourth-order valence-electron chi connectivity index (χ4n) is 1.28. The van der Waals surface area contributed by atoms with E-state index in [9.17, 15) is 13.2 Å². The molecule has 1 saturated heterocycles. The van der Waals surface area contributed by atoms with E-state index in [2.05, 4.69) is 5.32 Å². The number of hydrogen-bond acceptors (Lipinski definition) is 4. The van der Waals surface area contributed by atoms with E-state index in [1.807, 2.05) is 0 Å². The predicted octanol–water partition coefficient (Wildman–Crippen LogP) is -1.90. The molecule has 0 aromatic carbocycles. The molecule has 6 nitrogen and oxygen atoms in total. The number of nitrogens with zero attached hydrogens (tertiary/aromatic N) is 1. The van der Waals surface area contributed by atoms with Gasteiger partial charge in [0.25, 0.3) is 0 Å². The van der Waals surface area contributed by atoms with Gasteiger partial charge in [0.2, 0.25) is 15.9 Å². The van der Waals surface area contributed by atoms with Gasteiger partial charge >= 0.3 is 0 Å². The fourth-order valence-corrected chi connectivity index (χ4v) is 1.71. The summed E-state index contributed by atoms with van der Waals surface area (Å²) in [6, 6.07) is 0. The molecule has 0 bridgehead atoms. The molecular weight excluding hydrogens is 206 g/mol. The second-order valence-electron chi connectivity index (χ2n) is 3.31. The van der Waals surface area contributed by atoms with Gasteiger partial charge in [0.15, 0.2) is 5.25 Å². The lowest BCUT2D eigenvalue weighted by atomic mass is 10.3. The Bertz CT molecular complexity index is 308. The molecule has 1 rings (SSSR count). The first-order valence-electron chi connectivity index (χ1n) is 4.44. The quantitative estimate of drug-likeness (QED) is 0.569. The maximum absolute atomic E-state index is 11.6. The molecule has 0 aliphatic carbocycles. The summed E-state index contributed by atoms with van der Waals surface area (Å²) in [6.07, 6.45) is 0. The van der Waals surface area contributed by atoms with Crippen molar-refractivity contribution < 1.29 is 13.2 Å². The number of rotatable bonds is 2. The minimum atomic E-state index is -3.76. The molecule has 14 heavy (non-hydrogen) atoms. The van der Waals surface area contributed by atoms with Crippen molar-refractivity contribution in [2.24, 2.45) is 5.14 Å². The van der Waals surface area contributed by atoms with Crippen LogP contribution in [0.2, 0.25) is 0 Å². The Balaban J connectivity index is 2.64. The zero-order valence-corrected chi connectivity index (χ0v) is 8.88. The number of nitrogens with one attached hydrogen (secondary N) is 1. The van der Waals surface area contributed by atoms with E-state index in [-0.39, 0.29) is 0 Å². The highest BCUT2D eigenvalue weighted by atomic mass is 32.2. The second kappa shape index (κ2) is 4.24. The summed E-state index contributed by atoms with van der Waals surface area (Å²) in [7, 11) is -3.76. The molecule has 0 aromatic heterocycles. The summed E-state index contributed by atoms with van der Waals surface area (Å²) >= 11 is 0. The van der Waals surface area contributed by atoms with Crippen LogP contribution in [0, 0.1) is 0 Å². The maximum Gasteiger partial charge on any atom is 0.242 e. The number of piperazine rings is 1. The molecule has 0 aromatic rings. The van der Waals surface area contributed by atoms with Gasteiger partial charge in [0.05, 0.1) is 0 Å². The number of carbonyl (C=O) groups excluding carboxylic acids is 1. The molecule has 7 heteroatoms. The second-order valence-corrected chi connectivity index (χ2v) is 5.19. The smallest absolute Gasteiger partial charge is 0.242 e. The number of hydrogen-bond donors (Lipinski definition) is 2. The van der Waals surface area contributed by atoms with Gasteiger partial charge in [0, 0.05) is 26.2 Å². The average molecular weight is 221 g/mol. The van der Waals surface area contributed by atoms with Crippen LogP contribution >= 0.6 is 0 Å². The Hall–Kier alpha value is -0.660. The predicted molar refractivity (Wildman–Crippen MR) is 52.0 cm³/mol. The van der Waals surface area contributed by atoms with Gasteiger partial charge in [-0.3, -0.25) is 4.79 Å². The molecule has 82 valence electrons. The normalized spacial score (nSPS) is 20.6. The molecular formula is C7H15N3O3S. The van der Waals surface area contributed by atoms with Gasteiger partial charge in [-0.25, -0.2) is 13.6 Å². The number of carbonyl (C=O) groups is 1. The first kappa shape index (κ1) is 11.4. The number of nitrogens with two attached hydrogens (primary N) is 1. The zero-order chi connectivity index (χ0) is 10.8. The topological polar surface area (TPSA) is 92.5 Å². The monoisotopic (exact) mass is 221 g/mol. The van der Waals surface area contributed by atoms with Crippen LogP contribution in [0.1, 0.15) is 6.92 Å².